The van der Waals surface area contributed by atoms with Crippen molar-refractivity contribution in [3.8, 4) is 0 Å². The minimum absolute atomic E-state index is 0.0754. The summed E-state index contributed by atoms with van der Waals surface area (Å²) < 4.78 is 0. The summed E-state index contributed by atoms with van der Waals surface area (Å²) in [5.74, 6) is -0.875. The van der Waals surface area contributed by atoms with Crippen LogP contribution in [0.2, 0.25) is 0 Å². The number of hydrogen-bond acceptors (Lipinski definition) is 3. The molecule has 0 fully saturated rings. The van der Waals surface area contributed by atoms with Crippen molar-refractivity contribution in [1.29, 1.82) is 0 Å². The minimum Gasteiger partial charge on any atom is -0.481 e. The second-order valence-electron chi connectivity index (χ2n) is 5.32. The van der Waals surface area contributed by atoms with E-state index in [1.54, 1.807) is 12.4 Å². The Bertz CT molecular complexity index is 613. The smallest absolute Gasteiger partial charge is 0.315 e. The molecule has 110 valence electrons. The van der Waals surface area contributed by atoms with Crippen molar-refractivity contribution in [2.24, 2.45) is 5.73 Å². The lowest BCUT2D eigenvalue weighted by atomic mass is 9.75. The van der Waals surface area contributed by atoms with Crippen molar-refractivity contribution in [3.63, 3.8) is 0 Å². The molecule has 0 radical (unpaired) electrons. The molecule has 0 spiro atoms. The fraction of sp³-hybridized carbons (Fsp3) is 0.294. The molecule has 21 heavy (non-hydrogen) atoms. The molecule has 2 aromatic rings. The Labute approximate surface area is 124 Å². The van der Waals surface area contributed by atoms with E-state index in [1.165, 1.54) is 0 Å². The first-order chi connectivity index (χ1) is 10.1. The molecule has 0 amide bonds. The van der Waals surface area contributed by atoms with Gasteiger partial charge in [-0.3, -0.25) is 9.78 Å². The number of nitrogens with zero attached hydrogens (tertiary/aromatic N) is 1. The molecule has 1 heterocycles. The highest BCUT2D eigenvalue weighted by atomic mass is 16.4. The molecule has 3 N–H and O–H groups in total. The molecule has 1 atom stereocenters. The summed E-state index contributed by atoms with van der Waals surface area (Å²) in [4.78, 5) is 16.0. The van der Waals surface area contributed by atoms with Gasteiger partial charge in [0.2, 0.25) is 0 Å². The van der Waals surface area contributed by atoms with Crippen molar-refractivity contribution in [1.82, 2.24) is 4.98 Å². The molecule has 0 bridgehead atoms. The largest absolute Gasteiger partial charge is 0.481 e. The Kier molecular flexibility index (Phi) is 4.70. The van der Waals surface area contributed by atoms with Gasteiger partial charge in [-0.15, -0.1) is 0 Å². The van der Waals surface area contributed by atoms with Gasteiger partial charge in [0.25, 0.3) is 0 Å². The Morgan fingerprint density at radius 1 is 1.33 bits per heavy atom. The van der Waals surface area contributed by atoms with E-state index in [1.807, 2.05) is 43.3 Å². The Morgan fingerprint density at radius 2 is 2.14 bits per heavy atom. The lowest BCUT2D eigenvalue weighted by Crippen LogP contribution is -2.43. The van der Waals surface area contributed by atoms with Crippen LogP contribution in [0.1, 0.15) is 23.1 Å². The van der Waals surface area contributed by atoms with Gasteiger partial charge < -0.3 is 10.8 Å². The van der Waals surface area contributed by atoms with Gasteiger partial charge >= 0.3 is 5.97 Å². The number of pyridine rings is 1. The normalized spacial score (nSPS) is 13.6. The standard InChI is InChI=1S/C17H20N2O2/c1-13-4-2-6-15(10-13)17(12-18,16(20)21)8-7-14-5-3-9-19-11-14/h2-6,9-11H,7-8,12,18H2,1H3,(H,20,21). The van der Waals surface area contributed by atoms with E-state index < -0.39 is 11.4 Å². The van der Waals surface area contributed by atoms with Crippen LogP contribution >= 0.6 is 0 Å². The van der Waals surface area contributed by atoms with Crippen molar-refractivity contribution >= 4 is 5.97 Å². The van der Waals surface area contributed by atoms with Crippen LogP contribution in [0.25, 0.3) is 0 Å². The van der Waals surface area contributed by atoms with Gasteiger partial charge in [0.15, 0.2) is 0 Å². The quantitative estimate of drug-likeness (QED) is 0.853. The predicted octanol–water partition coefficient (Wildman–Crippen LogP) is 2.30. The molecule has 1 aromatic carbocycles. The number of hydrogen-bond donors (Lipinski definition) is 2. The van der Waals surface area contributed by atoms with Crippen molar-refractivity contribution in [2.45, 2.75) is 25.2 Å². The van der Waals surface area contributed by atoms with Crippen molar-refractivity contribution in [2.75, 3.05) is 6.54 Å². The van der Waals surface area contributed by atoms with Crippen LogP contribution in [0.3, 0.4) is 0 Å². The fourth-order valence-electron chi connectivity index (χ4n) is 2.53. The number of carboxylic acids is 1. The Balaban J connectivity index is 2.31. The highest BCUT2D eigenvalue weighted by molar-refractivity contribution is 5.82. The van der Waals surface area contributed by atoms with Gasteiger partial charge in [0.05, 0.1) is 0 Å². The minimum atomic E-state index is -1.05. The predicted molar refractivity (Wildman–Crippen MR) is 82.1 cm³/mol. The van der Waals surface area contributed by atoms with Gasteiger partial charge in [0.1, 0.15) is 5.41 Å². The Hall–Kier alpha value is -2.20. The third-order valence-corrected chi connectivity index (χ3v) is 3.89. The number of aliphatic carboxylic acids is 1. The molecule has 0 saturated heterocycles. The molecule has 0 saturated carbocycles. The lowest BCUT2D eigenvalue weighted by Gasteiger charge is -2.29. The van der Waals surface area contributed by atoms with Crippen LogP contribution in [-0.2, 0) is 16.6 Å². The van der Waals surface area contributed by atoms with Crippen molar-refractivity contribution < 1.29 is 9.90 Å². The van der Waals surface area contributed by atoms with E-state index in [0.717, 1.165) is 16.7 Å². The first-order valence-corrected chi connectivity index (χ1v) is 6.98. The number of carbonyl (C=O) groups is 1. The highest BCUT2D eigenvalue weighted by Gasteiger charge is 2.38. The van der Waals surface area contributed by atoms with E-state index in [0.29, 0.717) is 12.8 Å². The average Bonchev–Trinajstić information content (AvgIpc) is 2.49. The van der Waals surface area contributed by atoms with E-state index in [-0.39, 0.29) is 6.54 Å². The average molecular weight is 284 g/mol. The maximum Gasteiger partial charge on any atom is 0.315 e. The Morgan fingerprint density at radius 3 is 2.71 bits per heavy atom. The summed E-state index contributed by atoms with van der Waals surface area (Å²) in [5.41, 5.74) is 7.62. The third kappa shape index (κ3) is 3.28. The summed E-state index contributed by atoms with van der Waals surface area (Å²) >= 11 is 0. The summed E-state index contributed by atoms with van der Waals surface area (Å²) in [7, 11) is 0. The molecule has 0 aliphatic heterocycles. The summed E-state index contributed by atoms with van der Waals surface area (Å²) in [6, 6.07) is 11.4. The van der Waals surface area contributed by atoms with Gasteiger partial charge in [-0.1, -0.05) is 35.9 Å². The first kappa shape index (κ1) is 15.2. The maximum absolute atomic E-state index is 11.9. The van der Waals surface area contributed by atoms with Crippen LogP contribution in [0.15, 0.2) is 48.8 Å². The fourth-order valence-corrected chi connectivity index (χ4v) is 2.53. The topological polar surface area (TPSA) is 76.2 Å². The molecule has 4 nitrogen and oxygen atoms in total. The number of benzene rings is 1. The number of aromatic nitrogens is 1. The number of rotatable bonds is 6. The number of nitrogens with two attached hydrogens (primary N) is 1. The van der Waals surface area contributed by atoms with Crippen LogP contribution < -0.4 is 5.73 Å². The zero-order valence-electron chi connectivity index (χ0n) is 12.1. The first-order valence-electron chi connectivity index (χ1n) is 6.98. The second kappa shape index (κ2) is 6.50. The molecule has 1 unspecified atom stereocenters. The van der Waals surface area contributed by atoms with E-state index >= 15 is 0 Å². The zero-order valence-corrected chi connectivity index (χ0v) is 12.1. The van der Waals surface area contributed by atoms with Crippen LogP contribution in [0.5, 0.6) is 0 Å². The van der Waals surface area contributed by atoms with E-state index in [9.17, 15) is 9.90 Å². The summed E-state index contributed by atoms with van der Waals surface area (Å²) in [6.07, 6.45) is 4.55. The van der Waals surface area contributed by atoms with Crippen LogP contribution in [-0.4, -0.2) is 22.6 Å². The number of carboxylic acid groups (broad SMARTS) is 1. The molecule has 4 heteroatoms. The maximum atomic E-state index is 11.9. The monoisotopic (exact) mass is 284 g/mol. The molecule has 0 aliphatic rings. The summed E-state index contributed by atoms with van der Waals surface area (Å²) in [5, 5.41) is 9.75. The molecule has 1 aromatic heterocycles. The molecule has 2 rings (SSSR count). The summed E-state index contributed by atoms with van der Waals surface area (Å²) in [6.45, 7) is 2.03. The molecular weight excluding hydrogens is 264 g/mol. The zero-order chi connectivity index (χ0) is 15.3. The molecule has 0 aliphatic carbocycles. The van der Waals surface area contributed by atoms with E-state index in [2.05, 4.69) is 4.98 Å². The van der Waals surface area contributed by atoms with Gasteiger partial charge in [-0.25, -0.2) is 0 Å². The van der Waals surface area contributed by atoms with Gasteiger partial charge in [-0.2, -0.15) is 0 Å². The lowest BCUT2D eigenvalue weighted by molar-refractivity contribution is -0.143. The SMILES string of the molecule is Cc1cccc(C(CN)(CCc2cccnc2)C(=O)O)c1. The highest BCUT2D eigenvalue weighted by Crippen LogP contribution is 2.30. The van der Waals surface area contributed by atoms with Crippen molar-refractivity contribution in [3.05, 3.63) is 65.5 Å². The number of aryl methyl sites for hydroxylation is 2. The van der Waals surface area contributed by atoms with Crippen LogP contribution in [0.4, 0.5) is 0 Å². The van der Waals surface area contributed by atoms with Gasteiger partial charge in [-0.05, 0) is 37.0 Å². The van der Waals surface area contributed by atoms with Gasteiger partial charge in [0, 0.05) is 18.9 Å². The van der Waals surface area contributed by atoms with Crippen LogP contribution in [0, 0.1) is 6.92 Å². The third-order valence-electron chi connectivity index (χ3n) is 3.89. The molecular formula is C17H20N2O2. The van der Waals surface area contributed by atoms with E-state index in [4.69, 9.17) is 5.73 Å². The second-order valence-corrected chi connectivity index (χ2v) is 5.32.